The van der Waals surface area contributed by atoms with Gasteiger partial charge in [0.25, 0.3) is 0 Å². The van der Waals surface area contributed by atoms with E-state index in [0.717, 1.165) is 19.5 Å². The Balaban J connectivity index is 2.05. The highest BCUT2D eigenvalue weighted by molar-refractivity contribution is 5.86. The Kier molecular flexibility index (Phi) is 5.77. The van der Waals surface area contributed by atoms with Gasteiger partial charge in [-0.15, -0.1) is 0 Å². The van der Waals surface area contributed by atoms with Crippen molar-refractivity contribution in [1.29, 1.82) is 0 Å². The Bertz CT molecular complexity index is 877. The van der Waals surface area contributed by atoms with Gasteiger partial charge in [0.2, 0.25) is 5.91 Å². The number of amides is 1. The summed E-state index contributed by atoms with van der Waals surface area (Å²) in [6, 6.07) is 17.1. The predicted molar refractivity (Wildman–Crippen MR) is 109 cm³/mol. The number of hydrogen-bond donors (Lipinski definition) is 1. The maximum absolute atomic E-state index is 12.5. The first kappa shape index (κ1) is 18.2. The van der Waals surface area contributed by atoms with Gasteiger partial charge in [0.05, 0.1) is 0 Å². The number of nitrogens with one attached hydrogen (secondary N) is 1. The smallest absolute Gasteiger partial charge is 0.220 e. The van der Waals surface area contributed by atoms with Crippen LogP contribution in [0.1, 0.15) is 49.3 Å². The van der Waals surface area contributed by atoms with Gasteiger partial charge in [0.15, 0.2) is 0 Å². The second-order valence-electron chi connectivity index (χ2n) is 6.90. The Hall–Kier alpha value is -2.55. The summed E-state index contributed by atoms with van der Waals surface area (Å²) >= 11 is 0. The molecule has 2 aromatic carbocycles. The minimum atomic E-state index is 0.0603. The van der Waals surface area contributed by atoms with Gasteiger partial charge in [0, 0.05) is 42.5 Å². The van der Waals surface area contributed by atoms with Crippen molar-refractivity contribution in [3.05, 3.63) is 71.4 Å². The molecule has 3 heteroatoms. The van der Waals surface area contributed by atoms with Crippen LogP contribution in [0, 0.1) is 6.92 Å². The lowest BCUT2D eigenvalue weighted by atomic mass is 9.87. The first-order valence-corrected chi connectivity index (χ1v) is 9.55. The first-order chi connectivity index (χ1) is 12.6. The normalized spacial score (nSPS) is 12.3. The lowest BCUT2D eigenvalue weighted by Crippen LogP contribution is -2.26. The van der Waals surface area contributed by atoms with E-state index in [9.17, 15) is 4.79 Å². The molecule has 0 aliphatic carbocycles. The summed E-state index contributed by atoms with van der Waals surface area (Å²) in [4.78, 5) is 12.5. The second kappa shape index (κ2) is 8.22. The highest BCUT2D eigenvalue weighted by Gasteiger charge is 2.22. The Morgan fingerprint density at radius 2 is 1.81 bits per heavy atom. The molecule has 3 rings (SSSR count). The van der Waals surface area contributed by atoms with Gasteiger partial charge in [-0.2, -0.15) is 0 Å². The van der Waals surface area contributed by atoms with E-state index in [4.69, 9.17) is 0 Å². The summed E-state index contributed by atoms with van der Waals surface area (Å²) in [6.45, 7) is 7.98. The number of hydrogen-bond acceptors (Lipinski definition) is 1. The maximum Gasteiger partial charge on any atom is 0.220 e. The molecule has 0 saturated carbocycles. The number of rotatable bonds is 7. The van der Waals surface area contributed by atoms with Crippen LogP contribution in [0.3, 0.4) is 0 Å². The zero-order valence-electron chi connectivity index (χ0n) is 16.0. The number of para-hydroxylation sites is 1. The minimum absolute atomic E-state index is 0.0603. The maximum atomic E-state index is 12.5. The van der Waals surface area contributed by atoms with Crippen LogP contribution < -0.4 is 5.32 Å². The molecule has 0 spiro atoms. The van der Waals surface area contributed by atoms with E-state index < -0.39 is 0 Å². The number of carbonyl (C=O) groups excluding carboxylic acids is 1. The largest absolute Gasteiger partial charge is 0.356 e. The van der Waals surface area contributed by atoms with Crippen molar-refractivity contribution in [3.63, 3.8) is 0 Å². The quantitative estimate of drug-likeness (QED) is 0.639. The number of aryl methyl sites for hydroxylation is 2. The fraction of sp³-hybridized carbons (Fsp3) is 0.348. The highest BCUT2D eigenvalue weighted by atomic mass is 16.1. The molecule has 0 saturated heterocycles. The zero-order valence-corrected chi connectivity index (χ0v) is 16.0. The summed E-state index contributed by atoms with van der Waals surface area (Å²) in [7, 11) is 0. The third kappa shape index (κ3) is 3.82. The molecular weight excluding hydrogens is 320 g/mol. The number of benzene rings is 2. The second-order valence-corrected chi connectivity index (χ2v) is 6.90. The van der Waals surface area contributed by atoms with Crippen LogP contribution >= 0.6 is 0 Å². The highest BCUT2D eigenvalue weighted by Crippen LogP contribution is 2.34. The lowest BCUT2D eigenvalue weighted by molar-refractivity contribution is -0.121. The minimum Gasteiger partial charge on any atom is -0.356 e. The molecule has 1 N–H and O–H groups in total. The Morgan fingerprint density at radius 3 is 2.50 bits per heavy atom. The van der Waals surface area contributed by atoms with E-state index >= 15 is 0 Å². The van der Waals surface area contributed by atoms with E-state index in [2.05, 4.69) is 85.4 Å². The topological polar surface area (TPSA) is 34.0 Å². The van der Waals surface area contributed by atoms with E-state index in [1.54, 1.807) is 0 Å². The molecule has 0 aliphatic rings. The molecule has 1 aromatic heterocycles. The van der Waals surface area contributed by atoms with Crippen LogP contribution in [0.2, 0.25) is 0 Å². The fourth-order valence-corrected chi connectivity index (χ4v) is 3.54. The van der Waals surface area contributed by atoms with Crippen molar-refractivity contribution in [2.75, 3.05) is 6.54 Å². The molecule has 1 heterocycles. The summed E-state index contributed by atoms with van der Waals surface area (Å²) in [5.41, 5.74) is 4.90. The van der Waals surface area contributed by atoms with Crippen molar-refractivity contribution >= 4 is 16.8 Å². The molecule has 1 amide bonds. The van der Waals surface area contributed by atoms with E-state index in [-0.39, 0.29) is 11.8 Å². The van der Waals surface area contributed by atoms with Crippen molar-refractivity contribution in [2.24, 2.45) is 0 Å². The molecule has 1 atom stereocenters. The van der Waals surface area contributed by atoms with E-state index in [1.165, 1.54) is 27.6 Å². The van der Waals surface area contributed by atoms with E-state index in [0.29, 0.717) is 6.42 Å². The van der Waals surface area contributed by atoms with Crippen LogP contribution in [0.4, 0.5) is 0 Å². The summed E-state index contributed by atoms with van der Waals surface area (Å²) in [6.07, 6.45) is 3.65. The summed E-state index contributed by atoms with van der Waals surface area (Å²) in [5.74, 6) is 0.177. The van der Waals surface area contributed by atoms with Crippen LogP contribution in [0.15, 0.2) is 54.7 Å². The molecule has 0 aliphatic heterocycles. The van der Waals surface area contributed by atoms with Crippen LogP contribution in [-0.4, -0.2) is 17.0 Å². The molecule has 0 fully saturated rings. The van der Waals surface area contributed by atoms with Gasteiger partial charge in [-0.1, -0.05) is 55.0 Å². The molecule has 0 radical (unpaired) electrons. The van der Waals surface area contributed by atoms with Crippen molar-refractivity contribution in [1.82, 2.24) is 9.88 Å². The lowest BCUT2D eigenvalue weighted by Gasteiger charge is -2.17. The van der Waals surface area contributed by atoms with Crippen LogP contribution in [0.25, 0.3) is 10.9 Å². The standard InChI is InChI=1S/C23H28N2O/c1-4-14-24-23(26)15-20(18-12-10-17(3)11-13-18)21-16-25(5-2)22-9-7-6-8-19(21)22/h6-13,16,20H,4-5,14-15H2,1-3H3,(H,24,26)/t20-/m1/s1. The van der Waals surface area contributed by atoms with Gasteiger partial charge < -0.3 is 9.88 Å². The first-order valence-electron chi connectivity index (χ1n) is 9.55. The third-order valence-corrected chi connectivity index (χ3v) is 4.98. The van der Waals surface area contributed by atoms with Crippen LogP contribution in [0.5, 0.6) is 0 Å². The number of nitrogens with zero attached hydrogens (tertiary/aromatic N) is 1. The summed E-state index contributed by atoms with van der Waals surface area (Å²) in [5, 5.41) is 4.28. The van der Waals surface area contributed by atoms with Crippen molar-refractivity contribution in [3.8, 4) is 0 Å². The molecule has 136 valence electrons. The fourth-order valence-electron chi connectivity index (χ4n) is 3.54. The molecule has 0 bridgehead atoms. The molecule has 3 nitrogen and oxygen atoms in total. The Morgan fingerprint density at radius 1 is 1.08 bits per heavy atom. The molecular formula is C23H28N2O. The third-order valence-electron chi connectivity index (χ3n) is 4.98. The van der Waals surface area contributed by atoms with E-state index in [1.807, 2.05) is 0 Å². The van der Waals surface area contributed by atoms with Gasteiger partial charge in [-0.05, 0) is 37.5 Å². The van der Waals surface area contributed by atoms with Gasteiger partial charge in [0.1, 0.15) is 0 Å². The zero-order chi connectivity index (χ0) is 18.5. The average molecular weight is 348 g/mol. The molecule has 0 unspecified atom stereocenters. The SMILES string of the molecule is CCCNC(=O)C[C@H](c1ccc(C)cc1)c1cn(CC)c2ccccc12. The van der Waals surface area contributed by atoms with Gasteiger partial charge in [-0.3, -0.25) is 4.79 Å². The Labute approximate surface area is 156 Å². The number of carbonyl (C=O) groups is 1. The molecule has 3 aromatic rings. The van der Waals surface area contributed by atoms with Crippen molar-refractivity contribution < 1.29 is 4.79 Å². The van der Waals surface area contributed by atoms with Crippen molar-refractivity contribution in [2.45, 2.75) is 46.1 Å². The average Bonchev–Trinajstić information content (AvgIpc) is 3.04. The summed E-state index contributed by atoms with van der Waals surface area (Å²) < 4.78 is 2.27. The van der Waals surface area contributed by atoms with Crippen LogP contribution in [-0.2, 0) is 11.3 Å². The molecule has 26 heavy (non-hydrogen) atoms. The number of aromatic nitrogens is 1. The van der Waals surface area contributed by atoms with Gasteiger partial charge in [-0.25, -0.2) is 0 Å². The monoisotopic (exact) mass is 348 g/mol. The predicted octanol–water partition coefficient (Wildman–Crippen LogP) is 5.02. The number of fused-ring (bicyclic) bond motifs is 1. The van der Waals surface area contributed by atoms with Gasteiger partial charge >= 0.3 is 0 Å².